The van der Waals surface area contributed by atoms with Gasteiger partial charge in [0.15, 0.2) is 12.4 Å². The number of amides is 1. The summed E-state index contributed by atoms with van der Waals surface area (Å²) in [5.41, 5.74) is 3.26. The molecule has 0 aliphatic heterocycles. The van der Waals surface area contributed by atoms with Crippen LogP contribution in [0.25, 0.3) is 5.69 Å². The molecule has 3 rings (SSSR count). The first-order valence-electron chi connectivity index (χ1n) is 9.06. The Morgan fingerprint density at radius 2 is 1.76 bits per heavy atom. The van der Waals surface area contributed by atoms with Crippen molar-refractivity contribution in [1.29, 1.82) is 0 Å². The largest absolute Gasteiger partial charge is 0.452 e. The Morgan fingerprint density at radius 1 is 1.03 bits per heavy atom. The Balaban J connectivity index is 1.67. The van der Waals surface area contributed by atoms with Crippen molar-refractivity contribution in [3.63, 3.8) is 0 Å². The number of carbonyl (C=O) groups excluding carboxylic acids is 3. The van der Waals surface area contributed by atoms with Gasteiger partial charge in [-0.2, -0.15) is 5.10 Å². The van der Waals surface area contributed by atoms with Gasteiger partial charge >= 0.3 is 5.97 Å². The summed E-state index contributed by atoms with van der Waals surface area (Å²) in [4.78, 5) is 36.1. The summed E-state index contributed by atoms with van der Waals surface area (Å²) in [6.07, 6.45) is 0. The monoisotopic (exact) mass is 391 g/mol. The number of nitrogens with one attached hydrogen (secondary N) is 1. The fraction of sp³-hybridized carbons (Fsp3) is 0.182. The number of rotatable bonds is 6. The number of ether oxygens (including phenoxy) is 1. The third-order valence-electron chi connectivity index (χ3n) is 4.38. The van der Waals surface area contributed by atoms with Crippen molar-refractivity contribution in [2.45, 2.75) is 20.8 Å². The fourth-order valence-electron chi connectivity index (χ4n) is 2.97. The van der Waals surface area contributed by atoms with Crippen molar-refractivity contribution in [3.8, 4) is 5.69 Å². The molecule has 0 spiro atoms. The van der Waals surface area contributed by atoms with E-state index in [-0.39, 0.29) is 5.78 Å². The van der Waals surface area contributed by atoms with Crippen LogP contribution in [0.1, 0.15) is 39.0 Å². The summed E-state index contributed by atoms with van der Waals surface area (Å²) in [5, 5.41) is 7.02. The molecular weight excluding hydrogens is 370 g/mol. The van der Waals surface area contributed by atoms with Gasteiger partial charge in [-0.15, -0.1) is 0 Å². The van der Waals surface area contributed by atoms with Crippen LogP contribution >= 0.6 is 0 Å². The molecule has 7 nitrogen and oxygen atoms in total. The highest BCUT2D eigenvalue weighted by molar-refractivity contribution is 5.98. The lowest BCUT2D eigenvalue weighted by atomic mass is 10.1. The highest BCUT2D eigenvalue weighted by Gasteiger charge is 2.21. The van der Waals surface area contributed by atoms with Crippen molar-refractivity contribution in [1.82, 2.24) is 9.78 Å². The van der Waals surface area contributed by atoms with E-state index in [1.54, 1.807) is 42.8 Å². The average molecular weight is 391 g/mol. The highest BCUT2D eigenvalue weighted by atomic mass is 16.5. The number of anilines is 1. The van der Waals surface area contributed by atoms with Crippen molar-refractivity contribution >= 4 is 23.3 Å². The normalized spacial score (nSPS) is 10.4. The molecule has 0 fully saturated rings. The fourth-order valence-corrected chi connectivity index (χ4v) is 2.97. The van der Waals surface area contributed by atoms with Gasteiger partial charge < -0.3 is 10.1 Å². The summed E-state index contributed by atoms with van der Waals surface area (Å²) in [7, 11) is 0. The van der Waals surface area contributed by atoms with Crippen LogP contribution in [0.2, 0.25) is 0 Å². The Morgan fingerprint density at radius 3 is 2.45 bits per heavy atom. The zero-order valence-electron chi connectivity index (χ0n) is 16.4. The second kappa shape index (κ2) is 8.52. The van der Waals surface area contributed by atoms with Crippen LogP contribution in [0.5, 0.6) is 0 Å². The SMILES string of the molecule is CC(=O)c1cccc(NC(=O)COC(=O)c2c(C)nn(-c3ccccc3)c2C)c1. The third-order valence-corrected chi connectivity index (χ3v) is 4.38. The quantitative estimate of drug-likeness (QED) is 0.513. The molecule has 2 aromatic carbocycles. The van der Waals surface area contributed by atoms with Crippen molar-refractivity contribution < 1.29 is 19.1 Å². The van der Waals surface area contributed by atoms with Crippen LogP contribution in [0.3, 0.4) is 0 Å². The average Bonchev–Trinajstić information content (AvgIpc) is 3.01. The van der Waals surface area contributed by atoms with Gasteiger partial charge in [0.05, 0.1) is 17.1 Å². The predicted molar refractivity (Wildman–Crippen MR) is 108 cm³/mol. The van der Waals surface area contributed by atoms with Gasteiger partial charge in [-0.1, -0.05) is 30.3 Å². The van der Waals surface area contributed by atoms with Crippen molar-refractivity contribution in [2.24, 2.45) is 0 Å². The maximum absolute atomic E-state index is 12.5. The standard InChI is InChI=1S/C22H21N3O4/c1-14-21(15(2)25(24-14)19-10-5-4-6-11-19)22(28)29-13-20(27)23-18-9-7-8-17(12-18)16(3)26/h4-12H,13H2,1-3H3,(H,23,27). The molecule has 7 heteroatoms. The minimum atomic E-state index is -0.616. The number of aromatic nitrogens is 2. The first-order valence-corrected chi connectivity index (χ1v) is 9.06. The Kier molecular flexibility index (Phi) is 5.87. The second-order valence-electron chi connectivity index (χ2n) is 6.55. The number of ketones is 1. The highest BCUT2D eigenvalue weighted by Crippen LogP contribution is 2.19. The van der Waals surface area contributed by atoms with E-state index in [0.717, 1.165) is 5.69 Å². The molecule has 0 aliphatic rings. The molecule has 1 N–H and O–H groups in total. The van der Waals surface area contributed by atoms with Crippen LogP contribution in [-0.4, -0.2) is 34.0 Å². The van der Waals surface area contributed by atoms with Gasteiger partial charge in [-0.3, -0.25) is 9.59 Å². The number of esters is 1. The number of benzene rings is 2. The van der Waals surface area contributed by atoms with Crippen LogP contribution in [0.4, 0.5) is 5.69 Å². The minimum absolute atomic E-state index is 0.103. The molecule has 148 valence electrons. The number of aryl methyl sites for hydroxylation is 1. The summed E-state index contributed by atoms with van der Waals surface area (Å²) in [6.45, 7) is 4.49. The maximum atomic E-state index is 12.5. The van der Waals surface area contributed by atoms with Crippen LogP contribution in [-0.2, 0) is 9.53 Å². The molecule has 0 aliphatic carbocycles. The zero-order chi connectivity index (χ0) is 21.0. The Bertz CT molecular complexity index is 1070. The topological polar surface area (TPSA) is 90.3 Å². The van der Waals surface area contributed by atoms with E-state index < -0.39 is 18.5 Å². The van der Waals surface area contributed by atoms with Gasteiger partial charge in [0.1, 0.15) is 5.56 Å². The summed E-state index contributed by atoms with van der Waals surface area (Å²) in [6, 6.07) is 16.0. The number of Topliss-reactive ketones (excluding diaryl/α,β-unsaturated/α-hetero) is 1. The molecule has 0 bridgehead atoms. The zero-order valence-corrected chi connectivity index (χ0v) is 16.4. The van der Waals surface area contributed by atoms with E-state index in [1.165, 1.54) is 6.92 Å². The molecule has 0 atom stereocenters. The molecule has 29 heavy (non-hydrogen) atoms. The number of carbonyl (C=O) groups is 3. The van der Waals surface area contributed by atoms with E-state index in [4.69, 9.17) is 4.74 Å². The van der Waals surface area contributed by atoms with E-state index >= 15 is 0 Å². The second-order valence-corrected chi connectivity index (χ2v) is 6.55. The molecular formula is C22H21N3O4. The molecule has 0 saturated carbocycles. The van der Waals surface area contributed by atoms with Crippen molar-refractivity contribution in [3.05, 3.63) is 77.1 Å². The lowest BCUT2D eigenvalue weighted by Crippen LogP contribution is -2.21. The molecule has 0 saturated heterocycles. The molecule has 1 aromatic heterocycles. The minimum Gasteiger partial charge on any atom is -0.452 e. The van der Waals surface area contributed by atoms with Gasteiger partial charge in [0.2, 0.25) is 0 Å². The lowest BCUT2D eigenvalue weighted by Gasteiger charge is -2.08. The van der Waals surface area contributed by atoms with Crippen LogP contribution < -0.4 is 5.32 Å². The van der Waals surface area contributed by atoms with Crippen molar-refractivity contribution in [2.75, 3.05) is 11.9 Å². The number of hydrogen-bond acceptors (Lipinski definition) is 5. The van der Waals surface area contributed by atoms with Crippen LogP contribution in [0, 0.1) is 13.8 Å². The molecule has 3 aromatic rings. The Hall–Kier alpha value is -3.74. The summed E-state index contributed by atoms with van der Waals surface area (Å²) >= 11 is 0. The first-order chi connectivity index (χ1) is 13.9. The number of para-hydroxylation sites is 1. The van der Waals surface area contributed by atoms with E-state index in [2.05, 4.69) is 10.4 Å². The lowest BCUT2D eigenvalue weighted by molar-refractivity contribution is -0.119. The van der Waals surface area contributed by atoms with E-state index in [9.17, 15) is 14.4 Å². The number of nitrogens with zero attached hydrogens (tertiary/aromatic N) is 2. The van der Waals surface area contributed by atoms with E-state index in [0.29, 0.717) is 28.2 Å². The maximum Gasteiger partial charge on any atom is 0.342 e. The molecule has 1 amide bonds. The summed E-state index contributed by atoms with van der Waals surface area (Å²) in [5.74, 6) is -1.21. The van der Waals surface area contributed by atoms with Gasteiger partial charge in [0, 0.05) is 11.3 Å². The molecule has 0 radical (unpaired) electrons. The van der Waals surface area contributed by atoms with Gasteiger partial charge in [-0.25, -0.2) is 9.48 Å². The molecule has 1 heterocycles. The van der Waals surface area contributed by atoms with E-state index in [1.807, 2.05) is 30.3 Å². The molecule has 0 unspecified atom stereocenters. The predicted octanol–water partition coefficient (Wildman–Crippen LogP) is 3.49. The van der Waals surface area contributed by atoms with Crippen LogP contribution in [0.15, 0.2) is 54.6 Å². The van der Waals surface area contributed by atoms with Gasteiger partial charge in [-0.05, 0) is 45.0 Å². The first kappa shape index (κ1) is 20.0. The third kappa shape index (κ3) is 4.57. The Labute approximate surface area is 168 Å². The number of hydrogen-bond donors (Lipinski definition) is 1. The smallest absolute Gasteiger partial charge is 0.342 e. The van der Waals surface area contributed by atoms with Gasteiger partial charge in [0.25, 0.3) is 5.91 Å². The summed E-state index contributed by atoms with van der Waals surface area (Å²) < 4.78 is 6.85.